The summed E-state index contributed by atoms with van der Waals surface area (Å²) in [5, 5.41) is 8.93. The Kier molecular flexibility index (Phi) is 3.69. The lowest BCUT2D eigenvalue weighted by molar-refractivity contribution is -0.129. The SMILES string of the molecule is CC(=O)N1CCC(c2c[nH]c(=O)c(C(=O)O)c2)CC1. The molecule has 6 nitrogen and oxygen atoms in total. The van der Waals surface area contributed by atoms with E-state index in [-0.39, 0.29) is 17.4 Å². The van der Waals surface area contributed by atoms with Crippen LogP contribution in [-0.4, -0.2) is 40.0 Å². The number of carboxylic acid groups (broad SMARTS) is 1. The molecule has 0 aromatic carbocycles. The number of nitrogens with one attached hydrogen (secondary N) is 1. The molecule has 2 N–H and O–H groups in total. The second kappa shape index (κ2) is 5.26. The van der Waals surface area contributed by atoms with Crippen molar-refractivity contribution in [2.24, 2.45) is 0 Å². The van der Waals surface area contributed by atoms with Gasteiger partial charge in [-0.2, -0.15) is 0 Å². The molecular weight excluding hydrogens is 248 g/mol. The Morgan fingerprint density at radius 1 is 1.37 bits per heavy atom. The lowest BCUT2D eigenvalue weighted by Gasteiger charge is -2.31. The van der Waals surface area contributed by atoms with Crippen molar-refractivity contribution in [2.45, 2.75) is 25.7 Å². The third-order valence-electron chi connectivity index (χ3n) is 3.57. The Morgan fingerprint density at radius 2 is 2.00 bits per heavy atom. The monoisotopic (exact) mass is 264 g/mol. The van der Waals surface area contributed by atoms with Crippen molar-refractivity contribution in [2.75, 3.05) is 13.1 Å². The maximum atomic E-state index is 11.3. The number of hydrogen-bond donors (Lipinski definition) is 2. The van der Waals surface area contributed by atoms with E-state index in [0.717, 1.165) is 18.4 Å². The van der Waals surface area contributed by atoms with Crippen LogP contribution < -0.4 is 5.56 Å². The number of aromatic nitrogens is 1. The number of rotatable bonds is 2. The normalized spacial score (nSPS) is 16.4. The van der Waals surface area contributed by atoms with Gasteiger partial charge in [-0.15, -0.1) is 0 Å². The lowest BCUT2D eigenvalue weighted by Crippen LogP contribution is -2.36. The number of aromatic carboxylic acids is 1. The first-order chi connectivity index (χ1) is 8.99. The van der Waals surface area contributed by atoms with E-state index >= 15 is 0 Å². The number of aromatic amines is 1. The Balaban J connectivity index is 2.16. The molecule has 0 atom stereocenters. The maximum absolute atomic E-state index is 11.3. The van der Waals surface area contributed by atoms with Crippen molar-refractivity contribution in [3.8, 4) is 0 Å². The van der Waals surface area contributed by atoms with Crippen molar-refractivity contribution in [3.05, 3.63) is 33.7 Å². The number of hydrogen-bond acceptors (Lipinski definition) is 3. The van der Waals surface area contributed by atoms with Gasteiger partial charge in [-0.3, -0.25) is 9.59 Å². The van der Waals surface area contributed by atoms with Gasteiger partial charge in [0, 0.05) is 26.2 Å². The maximum Gasteiger partial charge on any atom is 0.341 e. The first-order valence-corrected chi connectivity index (χ1v) is 6.20. The second-order valence-corrected chi connectivity index (χ2v) is 4.76. The van der Waals surface area contributed by atoms with E-state index in [4.69, 9.17) is 5.11 Å². The number of H-pyrrole nitrogens is 1. The van der Waals surface area contributed by atoms with Crippen LogP contribution >= 0.6 is 0 Å². The second-order valence-electron chi connectivity index (χ2n) is 4.76. The molecular formula is C13H16N2O4. The molecule has 0 radical (unpaired) electrons. The summed E-state index contributed by atoms with van der Waals surface area (Å²) in [5.41, 5.74) is 0.00382. The number of carbonyl (C=O) groups is 2. The van der Waals surface area contributed by atoms with Gasteiger partial charge in [0.05, 0.1) is 0 Å². The van der Waals surface area contributed by atoms with Gasteiger partial charge in [0.15, 0.2) is 0 Å². The summed E-state index contributed by atoms with van der Waals surface area (Å²) < 4.78 is 0. The molecule has 0 saturated carbocycles. The predicted molar refractivity (Wildman–Crippen MR) is 68.3 cm³/mol. The highest BCUT2D eigenvalue weighted by molar-refractivity contribution is 5.87. The zero-order chi connectivity index (χ0) is 14.0. The van der Waals surface area contributed by atoms with E-state index in [0.29, 0.717) is 13.1 Å². The average molecular weight is 264 g/mol. The molecule has 1 aromatic rings. The van der Waals surface area contributed by atoms with E-state index in [2.05, 4.69) is 4.98 Å². The first-order valence-electron chi connectivity index (χ1n) is 6.20. The minimum absolute atomic E-state index is 0.0612. The number of amides is 1. The van der Waals surface area contributed by atoms with Crippen molar-refractivity contribution in [1.82, 2.24) is 9.88 Å². The molecule has 102 valence electrons. The van der Waals surface area contributed by atoms with Crippen LogP contribution in [0.15, 0.2) is 17.1 Å². The number of carboxylic acids is 1. The van der Waals surface area contributed by atoms with E-state index in [9.17, 15) is 14.4 Å². The molecule has 1 saturated heterocycles. The van der Waals surface area contributed by atoms with Crippen LogP contribution in [0.1, 0.15) is 41.6 Å². The van der Waals surface area contributed by atoms with Crippen LogP contribution in [0, 0.1) is 0 Å². The van der Waals surface area contributed by atoms with Gasteiger partial charge in [-0.1, -0.05) is 0 Å². The van der Waals surface area contributed by atoms with Crippen LogP contribution in [0.2, 0.25) is 0 Å². The van der Waals surface area contributed by atoms with Crippen molar-refractivity contribution in [3.63, 3.8) is 0 Å². The van der Waals surface area contributed by atoms with Crippen LogP contribution in [0.3, 0.4) is 0 Å². The zero-order valence-electron chi connectivity index (χ0n) is 10.7. The minimum atomic E-state index is -1.22. The molecule has 1 aromatic heterocycles. The molecule has 6 heteroatoms. The summed E-state index contributed by atoms with van der Waals surface area (Å²) in [4.78, 5) is 37.7. The topological polar surface area (TPSA) is 90.5 Å². The number of carbonyl (C=O) groups excluding carboxylic acids is 1. The third-order valence-corrected chi connectivity index (χ3v) is 3.57. The molecule has 19 heavy (non-hydrogen) atoms. The summed E-state index contributed by atoms with van der Waals surface area (Å²) in [6.07, 6.45) is 3.14. The van der Waals surface area contributed by atoms with Crippen LogP contribution in [0.25, 0.3) is 0 Å². The van der Waals surface area contributed by atoms with Gasteiger partial charge >= 0.3 is 5.97 Å². The molecule has 2 heterocycles. The fourth-order valence-corrected chi connectivity index (χ4v) is 2.42. The quantitative estimate of drug-likeness (QED) is 0.826. The van der Waals surface area contributed by atoms with Gasteiger partial charge < -0.3 is 15.0 Å². The summed E-state index contributed by atoms with van der Waals surface area (Å²) >= 11 is 0. The Hall–Kier alpha value is -2.11. The van der Waals surface area contributed by atoms with Crippen molar-refractivity contribution >= 4 is 11.9 Å². The van der Waals surface area contributed by atoms with Crippen LogP contribution in [-0.2, 0) is 4.79 Å². The molecule has 0 aliphatic carbocycles. The number of pyridine rings is 1. The van der Waals surface area contributed by atoms with Gasteiger partial charge in [0.1, 0.15) is 5.56 Å². The number of piperidine rings is 1. The Morgan fingerprint density at radius 3 is 2.53 bits per heavy atom. The average Bonchev–Trinajstić information content (AvgIpc) is 2.39. The molecule has 1 fully saturated rings. The molecule has 0 spiro atoms. The van der Waals surface area contributed by atoms with Crippen molar-refractivity contribution < 1.29 is 14.7 Å². The fraction of sp³-hybridized carbons (Fsp3) is 0.462. The highest BCUT2D eigenvalue weighted by Gasteiger charge is 2.23. The van der Waals surface area contributed by atoms with Crippen LogP contribution in [0.5, 0.6) is 0 Å². The van der Waals surface area contributed by atoms with E-state index < -0.39 is 11.5 Å². The first kappa shape index (κ1) is 13.3. The molecule has 1 aliphatic rings. The summed E-state index contributed by atoms with van der Waals surface area (Å²) in [5.74, 6) is -0.971. The van der Waals surface area contributed by atoms with E-state index in [1.807, 2.05) is 0 Å². The molecule has 0 unspecified atom stereocenters. The summed E-state index contributed by atoms with van der Waals surface area (Å²) in [7, 11) is 0. The largest absolute Gasteiger partial charge is 0.477 e. The summed E-state index contributed by atoms with van der Waals surface area (Å²) in [6.45, 7) is 2.88. The van der Waals surface area contributed by atoms with Gasteiger partial charge in [0.2, 0.25) is 5.91 Å². The summed E-state index contributed by atoms with van der Waals surface area (Å²) in [6, 6.07) is 1.44. The van der Waals surface area contributed by atoms with Crippen molar-refractivity contribution in [1.29, 1.82) is 0 Å². The minimum Gasteiger partial charge on any atom is -0.477 e. The molecule has 1 amide bonds. The number of likely N-dealkylation sites (tertiary alicyclic amines) is 1. The third kappa shape index (κ3) is 2.83. The van der Waals surface area contributed by atoms with Gasteiger partial charge in [-0.05, 0) is 30.4 Å². The van der Waals surface area contributed by atoms with Crippen LogP contribution in [0.4, 0.5) is 0 Å². The smallest absolute Gasteiger partial charge is 0.341 e. The lowest BCUT2D eigenvalue weighted by atomic mass is 9.90. The Bertz CT molecular complexity index is 556. The van der Waals surface area contributed by atoms with Gasteiger partial charge in [0.25, 0.3) is 5.56 Å². The highest BCUT2D eigenvalue weighted by Crippen LogP contribution is 2.27. The van der Waals surface area contributed by atoms with E-state index in [1.165, 1.54) is 6.07 Å². The molecule has 2 rings (SSSR count). The number of nitrogens with zero attached hydrogens (tertiary/aromatic N) is 1. The highest BCUT2D eigenvalue weighted by atomic mass is 16.4. The predicted octanol–water partition coefficient (Wildman–Crippen LogP) is 0.799. The van der Waals surface area contributed by atoms with Gasteiger partial charge in [-0.25, -0.2) is 4.79 Å². The fourth-order valence-electron chi connectivity index (χ4n) is 2.42. The standard InChI is InChI=1S/C13H16N2O4/c1-8(16)15-4-2-9(3-5-15)10-6-11(13(18)19)12(17)14-7-10/h6-7,9H,2-5H2,1H3,(H,14,17)(H,18,19). The molecule has 0 bridgehead atoms. The zero-order valence-corrected chi connectivity index (χ0v) is 10.7. The molecule has 1 aliphatic heterocycles. The Labute approximate surface area is 110 Å². The van der Waals surface area contributed by atoms with E-state index in [1.54, 1.807) is 18.0 Å².